The molecule has 33 heavy (non-hydrogen) atoms. The third-order valence-corrected chi connectivity index (χ3v) is 6.34. The van der Waals surface area contributed by atoms with Gasteiger partial charge in [0.2, 0.25) is 0 Å². The lowest BCUT2D eigenvalue weighted by Crippen LogP contribution is -2.48. The smallest absolute Gasteiger partial charge is 0.173 e. The van der Waals surface area contributed by atoms with E-state index in [-0.39, 0.29) is 11.6 Å². The van der Waals surface area contributed by atoms with E-state index in [1.165, 1.54) is 11.1 Å². The number of hydrogen-bond donors (Lipinski definition) is 0. The minimum atomic E-state index is -0.204. The van der Waals surface area contributed by atoms with Crippen molar-refractivity contribution in [2.75, 3.05) is 26.2 Å². The van der Waals surface area contributed by atoms with E-state index >= 15 is 0 Å². The Kier molecular flexibility index (Phi) is 5.91. The van der Waals surface area contributed by atoms with Crippen LogP contribution in [0, 0.1) is 0 Å². The monoisotopic (exact) mass is 441 g/mol. The number of rotatable bonds is 5. The number of benzene rings is 2. The Hall–Kier alpha value is -3.16. The lowest BCUT2D eigenvalue weighted by atomic mass is 9.99. The van der Waals surface area contributed by atoms with Crippen LogP contribution in [0.5, 0.6) is 0 Å². The van der Waals surface area contributed by atoms with Crippen LogP contribution in [0.1, 0.15) is 43.8 Å². The van der Waals surface area contributed by atoms with Crippen LogP contribution >= 0.6 is 0 Å². The van der Waals surface area contributed by atoms with Crippen LogP contribution in [-0.2, 0) is 12.1 Å². The largest absolute Gasteiger partial charge is 0.297 e. The summed E-state index contributed by atoms with van der Waals surface area (Å²) in [6.07, 6.45) is 1.84. The average molecular weight is 442 g/mol. The van der Waals surface area contributed by atoms with Crippen molar-refractivity contribution < 1.29 is 0 Å². The van der Waals surface area contributed by atoms with Crippen molar-refractivity contribution in [1.29, 1.82) is 0 Å². The molecule has 0 unspecified atom stereocenters. The molecule has 1 saturated heterocycles. The standard InChI is InChI=1S/C26H31N7/c1-26(2,3)33-25(28-29-30-33)24(22-11-12-23-21(18-22)10-7-13-27-23)32-16-14-31(15-17-32)19-20-8-5-4-6-9-20/h4-13,18,24H,14-17,19H2,1-3H3/t24-/m1/s1. The second-order valence-corrected chi connectivity index (χ2v) is 9.78. The van der Waals surface area contributed by atoms with Gasteiger partial charge < -0.3 is 0 Å². The zero-order valence-corrected chi connectivity index (χ0v) is 19.6. The Morgan fingerprint density at radius 2 is 1.70 bits per heavy atom. The summed E-state index contributed by atoms with van der Waals surface area (Å²) < 4.78 is 1.97. The first-order chi connectivity index (χ1) is 16.0. The second-order valence-electron chi connectivity index (χ2n) is 9.78. The fourth-order valence-corrected chi connectivity index (χ4v) is 4.65. The Bertz CT molecular complexity index is 1200. The van der Waals surface area contributed by atoms with Crippen LogP contribution in [-0.4, -0.2) is 61.2 Å². The van der Waals surface area contributed by atoms with Gasteiger partial charge in [-0.15, -0.1) is 5.10 Å². The molecule has 0 N–H and O–H groups in total. The highest BCUT2D eigenvalue weighted by molar-refractivity contribution is 5.79. The van der Waals surface area contributed by atoms with Gasteiger partial charge in [0.1, 0.15) is 0 Å². The number of nitrogens with zero attached hydrogens (tertiary/aromatic N) is 7. The molecular formula is C26H31N7. The maximum absolute atomic E-state index is 4.53. The van der Waals surface area contributed by atoms with Gasteiger partial charge >= 0.3 is 0 Å². The lowest BCUT2D eigenvalue weighted by Gasteiger charge is -2.39. The van der Waals surface area contributed by atoms with E-state index in [1.807, 2.05) is 16.9 Å². The van der Waals surface area contributed by atoms with Crippen molar-refractivity contribution in [3.05, 3.63) is 83.8 Å². The molecule has 0 saturated carbocycles. The Morgan fingerprint density at radius 3 is 2.45 bits per heavy atom. The van der Waals surface area contributed by atoms with E-state index < -0.39 is 0 Å². The van der Waals surface area contributed by atoms with Gasteiger partial charge in [-0.1, -0.05) is 42.5 Å². The number of fused-ring (bicyclic) bond motifs is 1. The average Bonchev–Trinajstić information content (AvgIpc) is 3.31. The molecule has 3 heterocycles. The van der Waals surface area contributed by atoms with E-state index in [0.29, 0.717) is 0 Å². The molecule has 1 aliphatic rings. The SMILES string of the molecule is CC(C)(C)n1nnnc1[C@@H](c1ccc2ncccc2c1)N1CCN(Cc2ccccc2)CC1. The first-order valence-corrected chi connectivity index (χ1v) is 11.6. The summed E-state index contributed by atoms with van der Waals surface area (Å²) in [7, 11) is 0. The number of aromatic nitrogens is 5. The van der Waals surface area contributed by atoms with E-state index in [4.69, 9.17) is 0 Å². The summed E-state index contributed by atoms with van der Waals surface area (Å²) in [4.78, 5) is 9.55. The van der Waals surface area contributed by atoms with Crippen LogP contribution in [0.2, 0.25) is 0 Å². The van der Waals surface area contributed by atoms with Gasteiger partial charge in [-0.05, 0) is 60.5 Å². The minimum absolute atomic E-state index is 0.0114. The third kappa shape index (κ3) is 4.65. The predicted molar refractivity (Wildman–Crippen MR) is 130 cm³/mol. The molecule has 5 rings (SSSR count). The molecule has 1 atom stereocenters. The zero-order valence-electron chi connectivity index (χ0n) is 19.6. The van der Waals surface area contributed by atoms with Crippen LogP contribution in [0.15, 0.2) is 66.9 Å². The summed E-state index contributed by atoms with van der Waals surface area (Å²) >= 11 is 0. The van der Waals surface area contributed by atoms with Crippen molar-refractivity contribution in [1.82, 2.24) is 35.0 Å². The number of hydrogen-bond acceptors (Lipinski definition) is 6. The molecule has 1 fully saturated rings. The second kappa shape index (κ2) is 9.00. The predicted octanol–water partition coefficient (Wildman–Crippen LogP) is 3.88. The van der Waals surface area contributed by atoms with Gasteiger partial charge in [-0.25, -0.2) is 4.68 Å². The van der Waals surface area contributed by atoms with Crippen molar-refractivity contribution in [3.63, 3.8) is 0 Å². The first-order valence-electron chi connectivity index (χ1n) is 11.6. The van der Waals surface area contributed by atoms with Crippen molar-refractivity contribution in [2.45, 2.75) is 38.9 Å². The highest BCUT2D eigenvalue weighted by Crippen LogP contribution is 2.32. The van der Waals surface area contributed by atoms with Crippen LogP contribution in [0.4, 0.5) is 0 Å². The summed E-state index contributed by atoms with van der Waals surface area (Å²) in [5.41, 5.74) is 3.36. The minimum Gasteiger partial charge on any atom is -0.297 e. The number of pyridine rings is 1. The highest BCUT2D eigenvalue weighted by Gasteiger charge is 2.33. The Balaban J connectivity index is 1.45. The molecular weight excluding hydrogens is 410 g/mol. The zero-order chi connectivity index (χ0) is 22.8. The molecule has 0 spiro atoms. The van der Waals surface area contributed by atoms with Crippen molar-refractivity contribution in [3.8, 4) is 0 Å². The molecule has 170 valence electrons. The van der Waals surface area contributed by atoms with Gasteiger partial charge in [-0.2, -0.15) is 0 Å². The molecule has 0 radical (unpaired) electrons. The van der Waals surface area contributed by atoms with Crippen molar-refractivity contribution in [2.24, 2.45) is 0 Å². The Labute approximate surface area is 195 Å². The molecule has 2 aromatic heterocycles. The van der Waals surface area contributed by atoms with E-state index in [2.05, 4.69) is 106 Å². The van der Waals surface area contributed by atoms with Crippen LogP contribution in [0.25, 0.3) is 10.9 Å². The number of tetrazole rings is 1. The van der Waals surface area contributed by atoms with Gasteiger partial charge in [0.15, 0.2) is 5.82 Å². The van der Waals surface area contributed by atoms with Gasteiger partial charge in [0, 0.05) is 44.3 Å². The van der Waals surface area contributed by atoms with Crippen LogP contribution < -0.4 is 0 Å². The lowest BCUT2D eigenvalue weighted by molar-refractivity contribution is 0.0980. The molecule has 0 amide bonds. The maximum atomic E-state index is 4.53. The topological polar surface area (TPSA) is 63.0 Å². The van der Waals surface area contributed by atoms with Gasteiger partial charge in [-0.3, -0.25) is 14.8 Å². The molecule has 2 aromatic carbocycles. The number of piperazine rings is 1. The van der Waals surface area contributed by atoms with E-state index in [1.54, 1.807) is 0 Å². The summed E-state index contributed by atoms with van der Waals surface area (Å²) in [5.74, 6) is 0.891. The molecule has 1 aliphatic heterocycles. The summed E-state index contributed by atoms with van der Waals surface area (Å²) in [5, 5.41) is 14.1. The highest BCUT2D eigenvalue weighted by atomic mass is 15.6. The summed E-state index contributed by atoms with van der Waals surface area (Å²) in [6, 6.07) is 21.3. The molecule has 4 aromatic rings. The Morgan fingerprint density at radius 1 is 0.909 bits per heavy atom. The maximum Gasteiger partial charge on any atom is 0.173 e. The normalized spacial score (nSPS) is 16.8. The fourth-order valence-electron chi connectivity index (χ4n) is 4.65. The van der Waals surface area contributed by atoms with Crippen LogP contribution in [0.3, 0.4) is 0 Å². The van der Waals surface area contributed by atoms with E-state index in [0.717, 1.165) is 49.5 Å². The van der Waals surface area contributed by atoms with Gasteiger partial charge in [0.05, 0.1) is 17.1 Å². The molecule has 7 nitrogen and oxygen atoms in total. The molecule has 0 aliphatic carbocycles. The quantitative estimate of drug-likeness (QED) is 0.468. The molecule has 0 bridgehead atoms. The van der Waals surface area contributed by atoms with Gasteiger partial charge in [0.25, 0.3) is 0 Å². The molecule has 7 heteroatoms. The van der Waals surface area contributed by atoms with Crippen molar-refractivity contribution >= 4 is 10.9 Å². The van der Waals surface area contributed by atoms with E-state index in [9.17, 15) is 0 Å². The third-order valence-electron chi connectivity index (χ3n) is 6.34. The summed E-state index contributed by atoms with van der Waals surface area (Å²) in [6.45, 7) is 11.4. The fraction of sp³-hybridized carbons (Fsp3) is 0.385. The first kappa shape index (κ1) is 21.7.